The number of aliphatic hydroxyl groups is 2. The zero-order valence-corrected chi connectivity index (χ0v) is 17.9. The van der Waals surface area contributed by atoms with Crippen molar-refractivity contribution in [3.05, 3.63) is 71.3 Å². The number of rotatable bonds is 6. The molecule has 0 spiro atoms. The van der Waals surface area contributed by atoms with Gasteiger partial charge in [0.1, 0.15) is 0 Å². The van der Waals surface area contributed by atoms with Crippen molar-refractivity contribution in [1.29, 1.82) is 0 Å². The van der Waals surface area contributed by atoms with Gasteiger partial charge in [-0.3, -0.25) is 0 Å². The molecule has 0 atom stereocenters. The molecule has 3 aromatic heterocycles. The van der Waals surface area contributed by atoms with Crippen LogP contribution in [-0.4, -0.2) is 42.5 Å². The van der Waals surface area contributed by atoms with E-state index in [9.17, 15) is 10.2 Å². The van der Waals surface area contributed by atoms with E-state index in [-0.39, 0.29) is 13.2 Å². The monoisotopic (exact) mass is 426 g/mol. The van der Waals surface area contributed by atoms with Gasteiger partial charge in [-0.25, -0.2) is 9.97 Å². The Morgan fingerprint density at radius 3 is 1.12 bits per heavy atom. The predicted molar refractivity (Wildman–Crippen MR) is 130 cm³/mol. The van der Waals surface area contributed by atoms with Crippen molar-refractivity contribution in [2.75, 3.05) is 13.2 Å². The minimum Gasteiger partial charge on any atom is -0.396 e. The Labute approximate surface area is 186 Å². The molecule has 0 unspecified atom stereocenters. The van der Waals surface area contributed by atoms with Gasteiger partial charge in [0.15, 0.2) is 0 Å². The van der Waals surface area contributed by atoms with Crippen molar-refractivity contribution < 1.29 is 10.2 Å². The van der Waals surface area contributed by atoms with Crippen molar-refractivity contribution in [2.45, 2.75) is 25.9 Å². The first kappa shape index (κ1) is 20.4. The molecule has 0 fully saturated rings. The summed E-state index contributed by atoms with van der Waals surface area (Å²) in [5, 5.41) is 18.7. The fraction of sp³-hybridized carbons (Fsp3) is 0.231. The topological polar surface area (TPSA) is 76.1 Å². The highest BCUT2D eigenvalue weighted by molar-refractivity contribution is 5.78. The van der Waals surface area contributed by atoms with Crippen LogP contribution in [0.15, 0.2) is 48.5 Å². The summed E-state index contributed by atoms with van der Waals surface area (Å²) < 4.78 is 4.40. The molecule has 5 rings (SSSR count). The van der Waals surface area contributed by atoms with E-state index in [1.54, 1.807) is 0 Å². The van der Waals surface area contributed by atoms with E-state index in [1.165, 1.54) is 0 Å². The Bertz CT molecular complexity index is 1170. The second kappa shape index (κ2) is 8.94. The first-order valence-electron chi connectivity index (χ1n) is 11.0. The standard InChI is InChI=1S/C26H26N4O2/c31-13-1-11-29-23-7-8-24(29)16-20-4-6-22(28-20)18-26-10-9-25(30(26)12-2-14-32)17-21-5-3-19(15-23)27-21/h3-10,15-18,31-32H,1-2,11-14H2. The normalized spacial score (nSPS) is 12.6. The van der Waals surface area contributed by atoms with E-state index >= 15 is 0 Å². The van der Waals surface area contributed by atoms with Gasteiger partial charge in [0.2, 0.25) is 0 Å². The van der Waals surface area contributed by atoms with E-state index in [0.717, 1.165) is 57.9 Å². The smallest absolute Gasteiger partial charge is 0.0658 e. The highest BCUT2D eigenvalue weighted by Gasteiger charge is 2.06. The van der Waals surface area contributed by atoms with E-state index in [1.807, 2.05) is 24.3 Å². The highest BCUT2D eigenvalue weighted by Crippen LogP contribution is 2.21. The van der Waals surface area contributed by atoms with Gasteiger partial charge < -0.3 is 19.3 Å². The first-order valence-corrected chi connectivity index (χ1v) is 11.0. The van der Waals surface area contributed by atoms with Crippen LogP contribution in [0.4, 0.5) is 0 Å². The molecular weight excluding hydrogens is 400 g/mol. The van der Waals surface area contributed by atoms with Crippen LogP contribution < -0.4 is 0 Å². The molecule has 0 radical (unpaired) electrons. The lowest BCUT2D eigenvalue weighted by Gasteiger charge is -2.05. The Morgan fingerprint density at radius 2 is 0.844 bits per heavy atom. The molecule has 162 valence electrons. The van der Waals surface area contributed by atoms with Crippen molar-refractivity contribution in [2.24, 2.45) is 0 Å². The number of aryl methyl sites for hydroxylation is 2. The van der Waals surface area contributed by atoms with Gasteiger partial charge in [-0.15, -0.1) is 0 Å². The molecule has 2 N–H and O–H groups in total. The number of hydrogen-bond donors (Lipinski definition) is 2. The minimum atomic E-state index is 0.148. The van der Waals surface area contributed by atoms with Crippen LogP contribution in [0, 0.1) is 0 Å². The summed E-state index contributed by atoms with van der Waals surface area (Å²) in [6, 6.07) is 16.6. The maximum atomic E-state index is 9.37. The lowest BCUT2D eigenvalue weighted by atomic mass is 10.3. The summed E-state index contributed by atoms with van der Waals surface area (Å²) in [5.41, 5.74) is 7.78. The quantitative estimate of drug-likeness (QED) is 0.423. The number of hydrogen-bond acceptors (Lipinski definition) is 4. The molecule has 6 heteroatoms. The molecule has 6 nitrogen and oxygen atoms in total. The minimum absolute atomic E-state index is 0.148. The lowest BCUT2D eigenvalue weighted by molar-refractivity contribution is 0.281. The molecule has 0 aromatic carbocycles. The van der Waals surface area contributed by atoms with Crippen LogP contribution in [-0.2, 0) is 13.1 Å². The third kappa shape index (κ3) is 4.15. The molecule has 32 heavy (non-hydrogen) atoms. The van der Waals surface area contributed by atoms with Crippen LogP contribution in [0.5, 0.6) is 0 Å². The SMILES string of the molecule is OCCCn1c2ccc1cc1nc(cc3ccc(cc4nc(c2)C=C4)n3CCCO)C=C1. The summed E-state index contributed by atoms with van der Waals surface area (Å²) in [4.78, 5) is 9.58. The molecule has 2 aliphatic heterocycles. The second-order valence-electron chi connectivity index (χ2n) is 7.99. The average Bonchev–Trinajstić information content (AvgIpc) is 3.57. The van der Waals surface area contributed by atoms with Crippen molar-refractivity contribution in [1.82, 2.24) is 19.1 Å². The van der Waals surface area contributed by atoms with Gasteiger partial charge in [-0.05, 0) is 85.7 Å². The second-order valence-corrected chi connectivity index (χ2v) is 7.99. The third-order valence-corrected chi connectivity index (χ3v) is 5.73. The Kier molecular flexibility index (Phi) is 5.71. The number of nitrogens with zero attached hydrogens (tertiary/aromatic N) is 4. The first-order chi connectivity index (χ1) is 15.7. The van der Waals surface area contributed by atoms with Gasteiger partial charge in [0, 0.05) is 48.4 Å². The zero-order valence-electron chi connectivity index (χ0n) is 17.9. The zero-order chi connectivity index (χ0) is 21.9. The third-order valence-electron chi connectivity index (χ3n) is 5.73. The molecule has 5 heterocycles. The molecule has 0 saturated heterocycles. The molecular formula is C26H26N4O2. The Hall–Kier alpha value is -3.48. The maximum Gasteiger partial charge on any atom is 0.0658 e. The van der Waals surface area contributed by atoms with E-state index in [4.69, 9.17) is 9.97 Å². The van der Waals surface area contributed by atoms with Crippen molar-refractivity contribution >= 4 is 46.4 Å². The van der Waals surface area contributed by atoms with Crippen LogP contribution in [0.3, 0.4) is 0 Å². The van der Waals surface area contributed by atoms with Crippen LogP contribution >= 0.6 is 0 Å². The Balaban J connectivity index is 1.79. The Morgan fingerprint density at radius 1 is 0.531 bits per heavy atom. The van der Waals surface area contributed by atoms with Gasteiger partial charge in [-0.1, -0.05) is 0 Å². The highest BCUT2D eigenvalue weighted by atomic mass is 16.3. The number of aromatic nitrogens is 4. The summed E-state index contributed by atoms with van der Waals surface area (Å²) >= 11 is 0. The molecule has 0 aliphatic carbocycles. The summed E-state index contributed by atoms with van der Waals surface area (Å²) in [7, 11) is 0. The molecule has 8 bridgehead atoms. The van der Waals surface area contributed by atoms with E-state index in [2.05, 4.69) is 57.7 Å². The van der Waals surface area contributed by atoms with Gasteiger partial charge >= 0.3 is 0 Å². The molecule has 0 saturated carbocycles. The fourth-order valence-electron chi connectivity index (χ4n) is 4.19. The van der Waals surface area contributed by atoms with Crippen molar-refractivity contribution in [3.63, 3.8) is 0 Å². The maximum absolute atomic E-state index is 9.37. The van der Waals surface area contributed by atoms with E-state index < -0.39 is 0 Å². The van der Waals surface area contributed by atoms with Crippen LogP contribution in [0.25, 0.3) is 46.4 Å². The van der Waals surface area contributed by atoms with Crippen LogP contribution in [0.2, 0.25) is 0 Å². The van der Waals surface area contributed by atoms with Gasteiger partial charge in [-0.2, -0.15) is 0 Å². The van der Waals surface area contributed by atoms with E-state index in [0.29, 0.717) is 12.8 Å². The van der Waals surface area contributed by atoms with Gasteiger partial charge in [0.25, 0.3) is 0 Å². The van der Waals surface area contributed by atoms with Crippen LogP contribution in [0.1, 0.15) is 35.6 Å². The fourth-order valence-corrected chi connectivity index (χ4v) is 4.19. The average molecular weight is 427 g/mol. The molecule has 0 amide bonds. The number of fused-ring (bicyclic) bond motifs is 8. The summed E-state index contributed by atoms with van der Waals surface area (Å²) in [5.74, 6) is 0. The predicted octanol–water partition coefficient (Wildman–Crippen LogP) is 4.37. The summed E-state index contributed by atoms with van der Waals surface area (Å²) in [6.07, 6.45) is 9.46. The molecule has 2 aliphatic rings. The van der Waals surface area contributed by atoms with Gasteiger partial charge in [0.05, 0.1) is 22.8 Å². The largest absolute Gasteiger partial charge is 0.396 e. The molecule has 3 aromatic rings. The lowest BCUT2D eigenvalue weighted by Crippen LogP contribution is -1.99. The summed E-state index contributed by atoms with van der Waals surface area (Å²) in [6.45, 7) is 1.74. The number of aliphatic hydroxyl groups excluding tert-OH is 2. The van der Waals surface area contributed by atoms with Crippen molar-refractivity contribution in [3.8, 4) is 0 Å².